The fourth-order valence-corrected chi connectivity index (χ4v) is 1.89. The third kappa shape index (κ3) is 5.52. The van der Waals surface area contributed by atoms with Gasteiger partial charge >= 0.3 is 0 Å². The lowest BCUT2D eigenvalue weighted by Gasteiger charge is -2.15. The Morgan fingerprint density at radius 3 is 2.67 bits per heavy atom. The first-order chi connectivity index (χ1) is 8.49. The average Bonchev–Trinajstić information content (AvgIpc) is 2.27. The van der Waals surface area contributed by atoms with Crippen molar-refractivity contribution in [3.05, 3.63) is 34.9 Å². The van der Waals surface area contributed by atoms with Gasteiger partial charge in [-0.15, -0.1) is 0 Å². The van der Waals surface area contributed by atoms with Crippen LogP contribution in [0.2, 0.25) is 5.02 Å². The molecule has 1 rings (SSSR count). The molecule has 0 radical (unpaired) electrons. The Balaban J connectivity index is 2.33. The summed E-state index contributed by atoms with van der Waals surface area (Å²) in [6.45, 7) is 6.64. The maximum atomic E-state index is 11.5. The second-order valence-corrected chi connectivity index (χ2v) is 5.14. The standard InChI is InChI=1S/C14H21ClN2O/c1-10(2)17-14(18)7-8-16-11(3)12-5-4-6-13(15)9-12/h4-6,9-11,16H,7-8H2,1-3H3,(H,17,18)/t11-/m1/s1. The summed E-state index contributed by atoms with van der Waals surface area (Å²) >= 11 is 5.94. The van der Waals surface area contributed by atoms with Crippen LogP contribution in [-0.2, 0) is 4.79 Å². The van der Waals surface area contributed by atoms with E-state index < -0.39 is 0 Å². The van der Waals surface area contributed by atoms with Crippen LogP contribution in [0, 0.1) is 0 Å². The molecule has 0 spiro atoms. The molecule has 4 heteroatoms. The maximum absolute atomic E-state index is 11.5. The molecular formula is C14H21ClN2O. The van der Waals surface area contributed by atoms with Gasteiger partial charge in [0.05, 0.1) is 0 Å². The van der Waals surface area contributed by atoms with Gasteiger partial charge in [0.25, 0.3) is 0 Å². The zero-order valence-corrected chi connectivity index (χ0v) is 11.9. The molecule has 0 fully saturated rings. The summed E-state index contributed by atoms with van der Waals surface area (Å²) in [5, 5.41) is 6.91. The van der Waals surface area contributed by atoms with Crippen LogP contribution >= 0.6 is 11.6 Å². The summed E-state index contributed by atoms with van der Waals surface area (Å²) < 4.78 is 0. The minimum atomic E-state index is 0.0794. The molecule has 0 aliphatic carbocycles. The highest BCUT2D eigenvalue weighted by molar-refractivity contribution is 6.30. The van der Waals surface area contributed by atoms with Gasteiger partial charge < -0.3 is 10.6 Å². The SMILES string of the molecule is CC(C)NC(=O)CCN[C@H](C)c1cccc(Cl)c1. The molecule has 1 aromatic carbocycles. The molecule has 0 aromatic heterocycles. The zero-order valence-electron chi connectivity index (χ0n) is 11.2. The topological polar surface area (TPSA) is 41.1 Å². The van der Waals surface area contributed by atoms with Gasteiger partial charge in [-0.2, -0.15) is 0 Å². The number of amides is 1. The molecule has 0 saturated carbocycles. The van der Waals surface area contributed by atoms with Gasteiger partial charge in [0.2, 0.25) is 5.91 Å². The highest BCUT2D eigenvalue weighted by atomic mass is 35.5. The predicted molar refractivity (Wildman–Crippen MR) is 75.8 cm³/mol. The van der Waals surface area contributed by atoms with Gasteiger partial charge in [0.1, 0.15) is 0 Å². The minimum absolute atomic E-state index is 0.0794. The third-order valence-corrected chi connectivity index (χ3v) is 2.84. The summed E-state index contributed by atoms with van der Waals surface area (Å²) in [5.74, 6) is 0.0794. The van der Waals surface area contributed by atoms with Crippen LogP contribution < -0.4 is 10.6 Å². The van der Waals surface area contributed by atoms with Crippen LogP contribution in [0.25, 0.3) is 0 Å². The predicted octanol–water partition coefficient (Wildman–Crippen LogP) is 2.91. The fourth-order valence-electron chi connectivity index (χ4n) is 1.69. The molecule has 0 heterocycles. The van der Waals surface area contributed by atoms with Crippen LogP contribution in [0.3, 0.4) is 0 Å². The zero-order chi connectivity index (χ0) is 13.5. The van der Waals surface area contributed by atoms with E-state index in [-0.39, 0.29) is 18.0 Å². The van der Waals surface area contributed by atoms with E-state index in [0.717, 1.165) is 10.6 Å². The summed E-state index contributed by atoms with van der Waals surface area (Å²) in [4.78, 5) is 11.5. The molecule has 0 unspecified atom stereocenters. The maximum Gasteiger partial charge on any atom is 0.221 e. The van der Waals surface area contributed by atoms with Crippen LogP contribution in [0.5, 0.6) is 0 Å². The second kappa shape index (κ2) is 7.39. The van der Waals surface area contributed by atoms with Crippen molar-refractivity contribution in [1.29, 1.82) is 0 Å². The van der Waals surface area contributed by atoms with Crippen LogP contribution in [0.1, 0.15) is 38.8 Å². The number of nitrogens with one attached hydrogen (secondary N) is 2. The number of carbonyl (C=O) groups excluding carboxylic acids is 1. The van der Waals surface area contributed by atoms with Gasteiger partial charge in [-0.3, -0.25) is 4.79 Å². The smallest absolute Gasteiger partial charge is 0.221 e. The van der Waals surface area contributed by atoms with E-state index in [2.05, 4.69) is 17.6 Å². The van der Waals surface area contributed by atoms with Crippen molar-refractivity contribution in [2.75, 3.05) is 6.54 Å². The molecule has 0 bridgehead atoms. The molecule has 100 valence electrons. The Labute approximate surface area is 114 Å². The van der Waals surface area contributed by atoms with E-state index in [1.165, 1.54) is 0 Å². The Hall–Kier alpha value is -1.06. The van der Waals surface area contributed by atoms with E-state index in [4.69, 9.17) is 11.6 Å². The summed E-state index contributed by atoms with van der Waals surface area (Å²) in [6.07, 6.45) is 0.489. The van der Waals surface area contributed by atoms with E-state index in [0.29, 0.717) is 13.0 Å². The molecule has 1 atom stereocenters. The lowest BCUT2D eigenvalue weighted by molar-refractivity contribution is -0.121. The fraction of sp³-hybridized carbons (Fsp3) is 0.500. The highest BCUT2D eigenvalue weighted by Gasteiger charge is 2.07. The first kappa shape index (κ1) is 15.0. The summed E-state index contributed by atoms with van der Waals surface area (Å²) in [6, 6.07) is 8.14. The van der Waals surface area contributed by atoms with Gasteiger partial charge in [0, 0.05) is 30.1 Å². The van der Waals surface area contributed by atoms with Gasteiger partial charge in [-0.05, 0) is 38.5 Å². The van der Waals surface area contributed by atoms with Crippen LogP contribution in [0.15, 0.2) is 24.3 Å². The summed E-state index contributed by atoms with van der Waals surface area (Å²) in [7, 11) is 0. The minimum Gasteiger partial charge on any atom is -0.354 e. The highest BCUT2D eigenvalue weighted by Crippen LogP contribution is 2.16. The van der Waals surface area contributed by atoms with Crippen molar-refractivity contribution in [1.82, 2.24) is 10.6 Å². The van der Waals surface area contributed by atoms with E-state index >= 15 is 0 Å². The lowest BCUT2D eigenvalue weighted by atomic mass is 10.1. The van der Waals surface area contributed by atoms with Crippen LogP contribution in [0.4, 0.5) is 0 Å². The van der Waals surface area contributed by atoms with Crippen molar-refractivity contribution in [3.8, 4) is 0 Å². The van der Waals surface area contributed by atoms with E-state index in [1.54, 1.807) is 0 Å². The van der Waals surface area contributed by atoms with Crippen molar-refractivity contribution < 1.29 is 4.79 Å². The van der Waals surface area contributed by atoms with Crippen molar-refractivity contribution >= 4 is 17.5 Å². The molecule has 18 heavy (non-hydrogen) atoms. The van der Waals surface area contributed by atoms with Gasteiger partial charge in [-0.1, -0.05) is 23.7 Å². The van der Waals surface area contributed by atoms with Gasteiger partial charge in [0.15, 0.2) is 0 Å². The Morgan fingerprint density at radius 2 is 2.06 bits per heavy atom. The average molecular weight is 269 g/mol. The molecule has 0 aliphatic rings. The van der Waals surface area contributed by atoms with Crippen LogP contribution in [-0.4, -0.2) is 18.5 Å². The molecular weight excluding hydrogens is 248 g/mol. The van der Waals surface area contributed by atoms with E-state index in [1.807, 2.05) is 38.1 Å². The Morgan fingerprint density at radius 1 is 1.33 bits per heavy atom. The number of carbonyl (C=O) groups is 1. The Kier molecular flexibility index (Phi) is 6.16. The Bertz CT molecular complexity index is 393. The number of hydrogen-bond donors (Lipinski definition) is 2. The normalized spacial score (nSPS) is 12.5. The molecule has 1 aromatic rings. The first-order valence-corrected chi connectivity index (χ1v) is 6.65. The lowest BCUT2D eigenvalue weighted by Crippen LogP contribution is -2.33. The molecule has 1 amide bonds. The quantitative estimate of drug-likeness (QED) is 0.833. The van der Waals surface area contributed by atoms with E-state index in [9.17, 15) is 4.79 Å². The summed E-state index contributed by atoms with van der Waals surface area (Å²) in [5.41, 5.74) is 1.13. The van der Waals surface area contributed by atoms with Crippen molar-refractivity contribution in [2.24, 2.45) is 0 Å². The van der Waals surface area contributed by atoms with Gasteiger partial charge in [-0.25, -0.2) is 0 Å². The second-order valence-electron chi connectivity index (χ2n) is 4.70. The number of halogens is 1. The molecule has 0 aliphatic heterocycles. The third-order valence-electron chi connectivity index (χ3n) is 2.60. The molecule has 3 nitrogen and oxygen atoms in total. The number of benzene rings is 1. The molecule has 2 N–H and O–H groups in total. The monoisotopic (exact) mass is 268 g/mol. The number of hydrogen-bond acceptors (Lipinski definition) is 2. The van der Waals surface area contributed by atoms with Crippen molar-refractivity contribution in [2.45, 2.75) is 39.3 Å². The first-order valence-electron chi connectivity index (χ1n) is 6.27. The van der Waals surface area contributed by atoms with Crippen molar-refractivity contribution in [3.63, 3.8) is 0 Å². The largest absolute Gasteiger partial charge is 0.354 e. The number of rotatable bonds is 6. The molecule has 0 saturated heterocycles.